The molecule has 2 aliphatic heterocycles. The van der Waals surface area contributed by atoms with E-state index in [1.54, 1.807) is 51.4 Å². The SMILES string of the molecule is CC1CC(C)CC(N2C3CCCCC3C3CCC(C4CCC5C6CCCCC6N(C6CC(C)CC(C)C6)C5C4)CC32)C1. The smallest absolute Gasteiger partial charge is 0.0135 e. The van der Waals surface area contributed by atoms with Gasteiger partial charge >= 0.3 is 0 Å². The third-order valence-corrected chi connectivity index (χ3v) is 15.8. The standard InChI is InChI=1S/C40H68N2/c1-25-17-26(2)20-31(19-25)41-37-11-7-5-9-33(37)35-15-13-29(23-39(35)41)30-14-16-36-34-10-6-8-12-38(34)42(40(36)24-30)32-21-27(3)18-28(4)22-32/h25-40H,5-24H2,1-4H3. The molecule has 6 saturated carbocycles. The second-order valence-corrected chi connectivity index (χ2v) is 18.7. The summed E-state index contributed by atoms with van der Waals surface area (Å²) in [5.41, 5.74) is 0. The number of hydrogen-bond donors (Lipinski definition) is 0. The first-order valence-corrected chi connectivity index (χ1v) is 20.0. The second kappa shape index (κ2) is 11.9. The highest BCUT2D eigenvalue weighted by Crippen LogP contribution is 2.58. The van der Waals surface area contributed by atoms with Crippen LogP contribution in [0.1, 0.15) is 156 Å². The van der Waals surface area contributed by atoms with E-state index < -0.39 is 0 Å². The van der Waals surface area contributed by atoms with Gasteiger partial charge in [0, 0.05) is 36.3 Å². The molecule has 2 saturated heterocycles. The predicted octanol–water partition coefficient (Wildman–Crippen LogP) is 9.95. The maximum absolute atomic E-state index is 3.31. The van der Waals surface area contributed by atoms with Gasteiger partial charge in [0.25, 0.3) is 0 Å². The van der Waals surface area contributed by atoms with E-state index in [4.69, 9.17) is 0 Å². The van der Waals surface area contributed by atoms with Crippen LogP contribution in [0.4, 0.5) is 0 Å². The summed E-state index contributed by atoms with van der Waals surface area (Å²) in [6, 6.07) is 5.60. The van der Waals surface area contributed by atoms with Gasteiger partial charge in [-0.05, 0) is 162 Å². The highest BCUT2D eigenvalue weighted by Gasteiger charge is 2.57. The average Bonchev–Trinajstić information content (AvgIpc) is 3.48. The first-order valence-electron chi connectivity index (χ1n) is 20.0. The van der Waals surface area contributed by atoms with E-state index in [1.165, 1.54) is 77.0 Å². The van der Waals surface area contributed by atoms with Crippen molar-refractivity contribution >= 4 is 0 Å². The third kappa shape index (κ3) is 5.19. The summed E-state index contributed by atoms with van der Waals surface area (Å²) in [5.74, 6) is 10.0. The molecule has 2 heterocycles. The van der Waals surface area contributed by atoms with E-state index >= 15 is 0 Å². The van der Waals surface area contributed by atoms with Crippen LogP contribution in [-0.4, -0.2) is 46.1 Å². The molecule has 14 unspecified atom stereocenters. The van der Waals surface area contributed by atoms with Crippen molar-refractivity contribution in [3.8, 4) is 0 Å². The van der Waals surface area contributed by atoms with Gasteiger partial charge in [0.15, 0.2) is 0 Å². The van der Waals surface area contributed by atoms with Crippen molar-refractivity contribution in [2.45, 2.75) is 192 Å². The van der Waals surface area contributed by atoms with Crippen molar-refractivity contribution in [3.05, 3.63) is 0 Å². The third-order valence-electron chi connectivity index (χ3n) is 15.8. The molecule has 0 aromatic rings. The van der Waals surface area contributed by atoms with E-state index in [9.17, 15) is 0 Å². The van der Waals surface area contributed by atoms with Crippen LogP contribution in [-0.2, 0) is 0 Å². The molecule has 42 heavy (non-hydrogen) atoms. The molecule has 0 spiro atoms. The van der Waals surface area contributed by atoms with Crippen molar-refractivity contribution in [1.29, 1.82) is 0 Å². The lowest BCUT2D eigenvalue weighted by Crippen LogP contribution is -2.51. The van der Waals surface area contributed by atoms with Crippen LogP contribution in [0.2, 0.25) is 0 Å². The van der Waals surface area contributed by atoms with Gasteiger partial charge in [-0.1, -0.05) is 53.4 Å². The molecular formula is C40H68N2. The van der Waals surface area contributed by atoms with E-state index in [-0.39, 0.29) is 0 Å². The molecule has 8 fully saturated rings. The van der Waals surface area contributed by atoms with Crippen LogP contribution >= 0.6 is 0 Å². The maximum Gasteiger partial charge on any atom is 0.0135 e. The molecule has 0 aromatic heterocycles. The fraction of sp³-hybridized carbons (Fsp3) is 1.00. The molecule has 238 valence electrons. The van der Waals surface area contributed by atoms with E-state index in [2.05, 4.69) is 37.5 Å². The minimum absolute atomic E-state index is 0.905. The number of likely N-dealkylation sites (tertiary alicyclic amines) is 2. The molecule has 0 aromatic carbocycles. The van der Waals surface area contributed by atoms with Crippen LogP contribution in [0.3, 0.4) is 0 Å². The topological polar surface area (TPSA) is 6.48 Å². The van der Waals surface area contributed by atoms with E-state index in [0.29, 0.717) is 0 Å². The van der Waals surface area contributed by atoms with Gasteiger partial charge in [-0.25, -0.2) is 0 Å². The number of rotatable bonds is 3. The fourth-order valence-corrected chi connectivity index (χ4v) is 14.8. The first-order chi connectivity index (χ1) is 20.4. The van der Waals surface area contributed by atoms with E-state index in [0.717, 1.165) is 95.4 Å². The molecule has 6 aliphatic carbocycles. The van der Waals surface area contributed by atoms with E-state index in [1.807, 2.05) is 0 Å². The molecule has 2 heteroatoms. The number of fused-ring (bicyclic) bond motifs is 6. The fourth-order valence-electron chi connectivity index (χ4n) is 14.8. The van der Waals surface area contributed by atoms with Crippen molar-refractivity contribution in [2.75, 3.05) is 0 Å². The Balaban J connectivity index is 1.02. The quantitative estimate of drug-likeness (QED) is 0.330. The summed E-state index contributed by atoms with van der Waals surface area (Å²) in [4.78, 5) is 6.61. The van der Waals surface area contributed by atoms with Crippen LogP contribution in [0.5, 0.6) is 0 Å². The Kier molecular flexibility index (Phi) is 8.33. The highest BCUT2D eigenvalue weighted by molar-refractivity contribution is 5.10. The van der Waals surface area contributed by atoms with Crippen molar-refractivity contribution in [2.24, 2.45) is 59.2 Å². The molecule has 0 amide bonds. The first kappa shape index (κ1) is 29.3. The highest BCUT2D eigenvalue weighted by atomic mass is 15.3. The molecular weight excluding hydrogens is 508 g/mol. The summed E-state index contributed by atoms with van der Waals surface area (Å²) in [6.07, 6.45) is 30.8. The molecule has 8 aliphatic rings. The summed E-state index contributed by atoms with van der Waals surface area (Å²) < 4.78 is 0. The van der Waals surface area contributed by atoms with Gasteiger partial charge in [-0.2, -0.15) is 0 Å². The summed E-state index contributed by atoms with van der Waals surface area (Å²) >= 11 is 0. The normalized spacial score (nSPS) is 55.4. The zero-order valence-corrected chi connectivity index (χ0v) is 28.3. The Bertz CT molecular complexity index is 837. The van der Waals surface area contributed by atoms with Gasteiger partial charge in [0.05, 0.1) is 0 Å². The zero-order chi connectivity index (χ0) is 28.5. The largest absolute Gasteiger partial charge is 0.294 e. The van der Waals surface area contributed by atoms with Gasteiger partial charge in [0.2, 0.25) is 0 Å². The predicted molar refractivity (Wildman–Crippen MR) is 176 cm³/mol. The summed E-state index contributed by atoms with van der Waals surface area (Å²) in [6.45, 7) is 10.3. The molecule has 2 nitrogen and oxygen atoms in total. The molecule has 0 N–H and O–H groups in total. The minimum atomic E-state index is 0.905. The number of nitrogens with zero attached hydrogens (tertiary/aromatic N) is 2. The average molecular weight is 577 g/mol. The molecule has 0 bridgehead atoms. The minimum Gasteiger partial charge on any atom is -0.294 e. The van der Waals surface area contributed by atoms with Crippen LogP contribution < -0.4 is 0 Å². The maximum atomic E-state index is 3.31. The van der Waals surface area contributed by atoms with Crippen molar-refractivity contribution in [1.82, 2.24) is 9.80 Å². The van der Waals surface area contributed by atoms with Crippen LogP contribution in [0.25, 0.3) is 0 Å². The summed E-state index contributed by atoms with van der Waals surface area (Å²) in [7, 11) is 0. The Labute approximate surface area is 260 Å². The lowest BCUT2D eigenvalue weighted by molar-refractivity contribution is 0.00427. The summed E-state index contributed by atoms with van der Waals surface area (Å²) in [5, 5.41) is 0. The number of hydrogen-bond acceptors (Lipinski definition) is 2. The van der Waals surface area contributed by atoms with Crippen molar-refractivity contribution < 1.29 is 0 Å². The monoisotopic (exact) mass is 577 g/mol. The Morgan fingerprint density at radius 3 is 1.10 bits per heavy atom. The Morgan fingerprint density at radius 1 is 0.333 bits per heavy atom. The lowest BCUT2D eigenvalue weighted by Gasteiger charge is -2.49. The van der Waals surface area contributed by atoms with Gasteiger partial charge < -0.3 is 0 Å². The van der Waals surface area contributed by atoms with Gasteiger partial charge in [0.1, 0.15) is 0 Å². The Morgan fingerprint density at radius 2 is 0.690 bits per heavy atom. The van der Waals surface area contributed by atoms with Crippen molar-refractivity contribution in [3.63, 3.8) is 0 Å². The Hall–Kier alpha value is -0.0800. The molecule has 8 rings (SSSR count). The van der Waals surface area contributed by atoms with Crippen LogP contribution in [0, 0.1) is 59.2 Å². The molecule has 0 radical (unpaired) electrons. The molecule has 14 atom stereocenters. The lowest BCUT2D eigenvalue weighted by atomic mass is 9.63. The second-order valence-electron chi connectivity index (χ2n) is 18.7. The van der Waals surface area contributed by atoms with Gasteiger partial charge in [-0.15, -0.1) is 0 Å². The zero-order valence-electron chi connectivity index (χ0n) is 28.3. The van der Waals surface area contributed by atoms with Gasteiger partial charge in [-0.3, -0.25) is 9.80 Å². The van der Waals surface area contributed by atoms with Crippen LogP contribution in [0.15, 0.2) is 0 Å².